The Morgan fingerprint density at radius 3 is 2.37 bits per heavy atom. The minimum Gasteiger partial charge on any atom is -0.395 e. The molecule has 0 atom stereocenters. The number of carbonyl (C=O) groups is 1. The largest absolute Gasteiger partial charge is 0.395 e. The van der Waals surface area contributed by atoms with Crippen molar-refractivity contribution in [1.29, 1.82) is 0 Å². The monoisotopic (exact) mass is 383 g/mol. The molecule has 0 heterocycles. The van der Waals surface area contributed by atoms with Crippen LogP contribution in [0.3, 0.4) is 0 Å². The lowest BCUT2D eigenvalue weighted by Crippen LogP contribution is -2.32. The van der Waals surface area contributed by atoms with Crippen molar-refractivity contribution in [2.24, 2.45) is 0 Å². The Kier molecular flexibility index (Phi) is 5.88. The van der Waals surface area contributed by atoms with E-state index >= 15 is 0 Å². The molecule has 0 aliphatic heterocycles. The van der Waals surface area contributed by atoms with E-state index < -0.39 is 21.5 Å². The van der Waals surface area contributed by atoms with E-state index in [-0.39, 0.29) is 18.9 Å². The minimum atomic E-state index is -3.57. The number of amides is 1. The van der Waals surface area contributed by atoms with Crippen LogP contribution in [0.2, 0.25) is 0 Å². The lowest BCUT2D eigenvalue weighted by molar-refractivity contribution is -0.118. The first-order valence-corrected chi connectivity index (χ1v) is 10.5. The number of aliphatic hydroxyl groups is 1. The highest BCUT2D eigenvalue weighted by Gasteiger charge is 2.17. The molecular weight excluding hydrogens is 362 g/mol. The zero-order chi connectivity index (χ0) is 19.3. The van der Waals surface area contributed by atoms with Gasteiger partial charge in [-0.05, 0) is 27.5 Å². The molecule has 1 amide bonds. The van der Waals surface area contributed by atoms with Crippen LogP contribution in [0, 0.1) is 0 Å². The molecule has 0 saturated carbocycles. The average molecular weight is 383 g/mol. The van der Waals surface area contributed by atoms with E-state index in [0.29, 0.717) is 5.56 Å². The topological polar surface area (TPSA) is 83.5 Å². The molecular formula is C21H21NO4S. The third-order valence-corrected chi connectivity index (χ3v) is 5.70. The zero-order valence-corrected chi connectivity index (χ0v) is 15.6. The predicted molar refractivity (Wildman–Crippen MR) is 107 cm³/mol. The van der Waals surface area contributed by atoms with Crippen LogP contribution in [0.5, 0.6) is 0 Å². The van der Waals surface area contributed by atoms with Crippen molar-refractivity contribution < 1.29 is 18.3 Å². The van der Waals surface area contributed by atoms with E-state index in [2.05, 4.69) is 23.5 Å². The molecule has 0 bridgehead atoms. The average Bonchev–Trinajstić information content (AvgIpc) is 2.66. The first-order valence-electron chi connectivity index (χ1n) is 8.63. The summed E-state index contributed by atoms with van der Waals surface area (Å²) in [4.78, 5) is 11.6. The van der Waals surface area contributed by atoms with E-state index in [1.807, 2.05) is 36.4 Å². The number of carbonyl (C=O) groups excluding carboxylic acids is 1. The summed E-state index contributed by atoms with van der Waals surface area (Å²) in [6.45, 7) is -0.171. The van der Waals surface area contributed by atoms with Gasteiger partial charge in [0.15, 0.2) is 9.84 Å². The zero-order valence-electron chi connectivity index (χ0n) is 14.8. The van der Waals surface area contributed by atoms with E-state index in [9.17, 15) is 13.2 Å². The van der Waals surface area contributed by atoms with Gasteiger partial charge in [0, 0.05) is 6.54 Å². The van der Waals surface area contributed by atoms with Crippen molar-refractivity contribution in [3.05, 3.63) is 72.3 Å². The summed E-state index contributed by atoms with van der Waals surface area (Å²) in [5.41, 5.74) is 2.73. The Labute approximate surface area is 158 Å². The second-order valence-corrected chi connectivity index (χ2v) is 8.39. The maximum atomic E-state index is 12.2. The summed E-state index contributed by atoms with van der Waals surface area (Å²) in [6.07, 6.45) is 0. The molecule has 3 rings (SSSR count). The van der Waals surface area contributed by atoms with E-state index in [4.69, 9.17) is 5.11 Å². The highest BCUT2D eigenvalue weighted by molar-refractivity contribution is 7.91. The molecule has 2 N–H and O–H groups in total. The first kappa shape index (κ1) is 19.1. The summed E-state index contributed by atoms with van der Waals surface area (Å²) >= 11 is 0. The molecule has 0 aromatic heterocycles. The molecule has 0 spiro atoms. The van der Waals surface area contributed by atoms with Crippen molar-refractivity contribution in [2.45, 2.75) is 5.75 Å². The van der Waals surface area contributed by atoms with E-state index in [1.165, 1.54) is 0 Å². The van der Waals surface area contributed by atoms with Crippen LogP contribution in [0.25, 0.3) is 21.9 Å². The number of hydrogen-bond donors (Lipinski definition) is 2. The number of hydrogen-bond acceptors (Lipinski definition) is 4. The second kappa shape index (κ2) is 8.33. The molecule has 0 saturated heterocycles. The van der Waals surface area contributed by atoms with Crippen LogP contribution < -0.4 is 5.32 Å². The Morgan fingerprint density at radius 2 is 1.63 bits per heavy atom. The lowest BCUT2D eigenvalue weighted by atomic mass is 9.98. The fourth-order valence-electron chi connectivity index (χ4n) is 3.01. The van der Waals surface area contributed by atoms with Crippen molar-refractivity contribution in [3.63, 3.8) is 0 Å². The number of nitrogens with one attached hydrogen (secondary N) is 1. The Balaban J connectivity index is 1.76. The number of rotatable bonds is 7. The van der Waals surface area contributed by atoms with Crippen molar-refractivity contribution >= 4 is 26.5 Å². The van der Waals surface area contributed by atoms with Gasteiger partial charge in [-0.2, -0.15) is 0 Å². The van der Waals surface area contributed by atoms with Crippen molar-refractivity contribution in [2.75, 3.05) is 18.9 Å². The van der Waals surface area contributed by atoms with Crippen LogP contribution in [-0.4, -0.2) is 38.3 Å². The van der Waals surface area contributed by atoms with Gasteiger partial charge in [0.2, 0.25) is 5.91 Å². The maximum absolute atomic E-state index is 12.2. The molecule has 0 aliphatic carbocycles. The van der Waals surface area contributed by atoms with Gasteiger partial charge in [-0.15, -0.1) is 0 Å². The second-order valence-electron chi connectivity index (χ2n) is 6.33. The highest BCUT2D eigenvalue weighted by Crippen LogP contribution is 2.28. The number of aliphatic hydroxyl groups excluding tert-OH is 1. The molecule has 3 aromatic carbocycles. The van der Waals surface area contributed by atoms with Gasteiger partial charge in [0.25, 0.3) is 0 Å². The van der Waals surface area contributed by atoms with E-state index in [1.54, 1.807) is 12.1 Å². The van der Waals surface area contributed by atoms with Crippen molar-refractivity contribution in [1.82, 2.24) is 5.32 Å². The molecule has 0 fully saturated rings. The highest BCUT2D eigenvalue weighted by atomic mass is 32.2. The smallest absolute Gasteiger partial charge is 0.235 e. The first-order chi connectivity index (χ1) is 13.0. The Hall–Kier alpha value is -2.70. The number of benzene rings is 3. The number of fused-ring (bicyclic) bond motifs is 1. The molecule has 0 unspecified atom stereocenters. The lowest BCUT2D eigenvalue weighted by Gasteiger charge is -2.09. The third kappa shape index (κ3) is 4.93. The summed E-state index contributed by atoms with van der Waals surface area (Å²) in [7, 11) is -3.57. The maximum Gasteiger partial charge on any atom is 0.235 e. The predicted octanol–water partition coefficient (Wildman–Crippen LogP) is 2.53. The molecule has 3 aromatic rings. The third-order valence-electron chi connectivity index (χ3n) is 4.23. The van der Waals surface area contributed by atoms with Crippen LogP contribution >= 0.6 is 0 Å². The molecule has 6 heteroatoms. The Bertz CT molecular complexity index is 1040. The van der Waals surface area contributed by atoms with Gasteiger partial charge in [-0.3, -0.25) is 4.79 Å². The van der Waals surface area contributed by atoms with Crippen LogP contribution in [-0.2, 0) is 20.4 Å². The molecule has 0 aliphatic rings. The van der Waals surface area contributed by atoms with Gasteiger partial charge < -0.3 is 10.4 Å². The van der Waals surface area contributed by atoms with Crippen LogP contribution in [0.4, 0.5) is 0 Å². The quantitative estimate of drug-likeness (QED) is 0.657. The normalized spacial score (nSPS) is 11.4. The summed E-state index contributed by atoms with van der Waals surface area (Å²) in [6, 6.07) is 21.6. The fourth-order valence-corrected chi connectivity index (χ4v) is 4.31. The minimum absolute atomic E-state index is 0.0497. The SMILES string of the molecule is O=C(CS(=O)(=O)Cc1ccc(-c2cccc3ccccc23)cc1)NCCO. The summed E-state index contributed by atoms with van der Waals surface area (Å²) < 4.78 is 24.4. The molecule has 0 radical (unpaired) electrons. The van der Waals surface area contributed by atoms with Gasteiger partial charge in [0.1, 0.15) is 5.75 Å². The van der Waals surface area contributed by atoms with Gasteiger partial charge >= 0.3 is 0 Å². The molecule has 140 valence electrons. The molecule has 27 heavy (non-hydrogen) atoms. The standard InChI is InChI=1S/C21H21NO4S/c23-13-12-22-21(24)15-27(25,26)14-16-8-10-18(11-9-16)20-7-3-5-17-4-1-2-6-19(17)20/h1-11,23H,12-15H2,(H,22,24). The van der Waals surface area contributed by atoms with Gasteiger partial charge in [-0.25, -0.2) is 8.42 Å². The fraction of sp³-hybridized carbons (Fsp3) is 0.190. The summed E-state index contributed by atoms with van der Waals surface area (Å²) in [5.74, 6) is -1.38. The van der Waals surface area contributed by atoms with Gasteiger partial charge in [0.05, 0.1) is 12.4 Å². The number of sulfone groups is 1. The van der Waals surface area contributed by atoms with Crippen LogP contribution in [0.15, 0.2) is 66.7 Å². The van der Waals surface area contributed by atoms with Crippen LogP contribution in [0.1, 0.15) is 5.56 Å². The van der Waals surface area contributed by atoms with Crippen molar-refractivity contribution in [3.8, 4) is 11.1 Å². The molecule has 5 nitrogen and oxygen atoms in total. The van der Waals surface area contributed by atoms with Gasteiger partial charge in [-0.1, -0.05) is 66.7 Å². The summed E-state index contributed by atoms with van der Waals surface area (Å²) in [5, 5.41) is 13.3. The Morgan fingerprint density at radius 1 is 0.926 bits per heavy atom. The van der Waals surface area contributed by atoms with E-state index in [0.717, 1.165) is 21.9 Å².